The zero-order valence-corrected chi connectivity index (χ0v) is 12.0. The van der Waals surface area contributed by atoms with Gasteiger partial charge in [0.2, 0.25) is 0 Å². The third kappa shape index (κ3) is 3.23. The summed E-state index contributed by atoms with van der Waals surface area (Å²) in [6.07, 6.45) is 1.64. The fourth-order valence-electron chi connectivity index (χ4n) is 2.23. The van der Waals surface area contributed by atoms with Gasteiger partial charge in [0, 0.05) is 18.7 Å². The van der Waals surface area contributed by atoms with Gasteiger partial charge in [-0.05, 0) is 31.9 Å². The molecule has 1 aromatic rings. The van der Waals surface area contributed by atoms with Crippen molar-refractivity contribution in [3.05, 3.63) is 37.9 Å². The average Bonchev–Trinajstić information content (AvgIpc) is 2.37. The SMILES string of the molecule is CCCN(CCC)c1ccc(C)c([N+](=O)[O-])c1[N+](=O)[O-]. The van der Waals surface area contributed by atoms with Crippen molar-refractivity contribution in [3.8, 4) is 0 Å². The molecule has 20 heavy (non-hydrogen) atoms. The smallest absolute Gasteiger partial charge is 0.366 e. The van der Waals surface area contributed by atoms with E-state index in [4.69, 9.17) is 0 Å². The molecule has 0 aromatic heterocycles. The van der Waals surface area contributed by atoms with Crippen molar-refractivity contribution in [2.24, 2.45) is 0 Å². The van der Waals surface area contributed by atoms with Crippen LogP contribution >= 0.6 is 0 Å². The molecule has 0 radical (unpaired) electrons. The van der Waals surface area contributed by atoms with Crippen LogP contribution in [-0.2, 0) is 0 Å². The van der Waals surface area contributed by atoms with Gasteiger partial charge in [-0.1, -0.05) is 13.8 Å². The van der Waals surface area contributed by atoms with E-state index >= 15 is 0 Å². The second-order valence-corrected chi connectivity index (χ2v) is 4.60. The highest BCUT2D eigenvalue weighted by Crippen LogP contribution is 2.39. The van der Waals surface area contributed by atoms with Crippen molar-refractivity contribution in [1.29, 1.82) is 0 Å². The lowest BCUT2D eigenvalue weighted by Crippen LogP contribution is -2.26. The highest BCUT2D eigenvalue weighted by atomic mass is 16.6. The van der Waals surface area contributed by atoms with Crippen molar-refractivity contribution in [2.75, 3.05) is 18.0 Å². The van der Waals surface area contributed by atoms with Gasteiger partial charge in [-0.25, -0.2) is 0 Å². The van der Waals surface area contributed by atoms with Crippen LogP contribution < -0.4 is 4.90 Å². The van der Waals surface area contributed by atoms with Crippen molar-refractivity contribution in [1.82, 2.24) is 0 Å². The molecule has 0 N–H and O–H groups in total. The van der Waals surface area contributed by atoms with Crippen LogP contribution in [0.5, 0.6) is 0 Å². The van der Waals surface area contributed by atoms with E-state index in [2.05, 4.69) is 0 Å². The lowest BCUT2D eigenvalue weighted by atomic mass is 10.1. The van der Waals surface area contributed by atoms with Crippen molar-refractivity contribution in [3.63, 3.8) is 0 Å². The van der Waals surface area contributed by atoms with Crippen molar-refractivity contribution in [2.45, 2.75) is 33.6 Å². The Hall–Kier alpha value is -2.18. The second kappa shape index (κ2) is 6.83. The van der Waals surface area contributed by atoms with Gasteiger partial charge in [0.25, 0.3) is 0 Å². The number of hydrogen-bond donors (Lipinski definition) is 0. The van der Waals surface area contributed by atoms with Gasteiger partial charge in [-0.15, -0.1) is 0 Å². The first kappa shape index (κ1) is 15.9. The van der Waals surface area contributed by atoms with E-state index in [0.29, 0.717) is 24.3 Å². The van der Waals surface area contributed by atoms with Crippen LogP contribution in [0.25, 0.3) is 0 Å². The van der Waals surface area contributed by atoms with Gasteiger partial charge in [0.15, 0.2) is 0 Å². The normalized spacial score (nSPS) is 10.3. The average molecular weight is 281 g/mol. The van der Waals surface area contributed by atoms with Gasteiger partial charge in [-0.2, -0.15) is 0 Å². The Kier molecular flexibility index (Phi) is 5.42. The quantitative estimate of drug-likeness (QED) is 0.564. The highest BCUT2D eigenvalue weighted by molar-refractivity contribution is 5.75. The zero-order chi connectivity index (χ0) is 15.3. The maximum atomic E-state index is 11.3. The van der Waals surface area contributed by atoms with E-state index in [1.54, 1.807) is 12.1 Å². The minimum atomic E-state index is -0.674. The Balaban J connectivity index is 3.49. The summed E-state index contributed by atoms with van der Waals surface area (Å²) in [5, 5.41) is 22.4. The van der Waals surface area contributed by atoms with Gasteiger partial charge in [-0.3, -0.25) is 20.2 Å². The molecule has 0 saturated carbocycles. The van der Waals surface area contributed by atoms with E-state index in [9.17, 15) is 20.2 Å². The summed E-state index contributed by atoms with van der Waals surface area (Å²) in [5.41, 5.74) is -0.184. The number of nitro benzene ring substituents is 2. The fourth-order valence-corrected chi connectivity index (χ4v) is 2.23. The summed E-state index contributed by atoms with van der Waals surface area (Å²) in [7, 11) is 0. The summed E-state index contributed by atoms with van der Waals surface area (Å²) >= 11 is 0. The Morgan fingerprint density at radius 2 is 1.50 bits per heavy atom. The summed E-state index contributed by atoms with van der Waals surface area (Å²) in [4.78, 5) is 22.9. The third-order valence-electron chi connectivity index (χ3n) is 3.02. The van der Waals surface area contributed by atoms with Crippen LogP contribution in [0.1, 0.15) is 32.3 Å². The molecular weight excluding hydrogens is 262 g/mol. The maximum Gasteiger partial charge on any atom is 0.369 e. The fraction of sp³-hybridized carbons (Fsp3) is 0.538. The Bertz CT molecular complexity index is 511. The predicted octanol–water partition coefficient (Wildman–Crippen LogP) is 3.44. The molecule has 1 aromatic carbocycles. The molecular formula is C13H19N3O4. The van der Waals surface area contributed by atoms with Gasteiger partial charge in [0.1, 0.15) is 5.69 Å². The van der Waals surface area contributed by atoms with Gasteiger partial charge >= 0.3 is 11.4 Å². The Labute approximate surface area is 117 Å². The number of aryl methyl sites for hydroxylation is 1. The number of hydrogen-bond acceptors (Lipinski definition) is 5. The molecule has 0 atom stereocenters. The van der Waals surface area contributed by atoms with Crippen LogP contribution in [-0.4, -0.2) is 22.9 Å². The number of rotatable bonds is 7. The summed E-state index contributed by atoms with van der Waals surface area (Å²) in [6.45, 7) is 6.72. The van der Waals surface area contributed by atoms with E-state index < -0.39 is 21.2 Å². The molecule has 0 amide bonds. The molecule has 7 nitrogen and oxygen atoms in total. The molecule has 0 heterocycles. The lowest BCUT2D eigenvalue weighted by Gasteiger charge is -2.23. The second-order valence-electron chi connectivity index (χ2n) is 4.60. The van der Waals surface area contributed by atoms with Crippen LogP contribution in [0.3, 0.4) is 0 Å². The maximum absolute atomic E-state index is 11.3. The minimum absolute atomic E-state index is 0.304. The predicted molar refractivity (Wildman–Crippen MR) is 77.3 cm³/mol. The monoisotopic (exact) mass is 281 g/mol. The largest absolute Gasteiger partial charge is 0.369 e. The molecule has 0 unspecified atom stereocenters. The van der Waals surface area contributed by atoms with E-state index in [0.717, 1.165) is 12.8 Å². The third-order valence-corrected chi connectivity index (χ3v) is 3.02. The zero-order valence-electron chi connectivity index (χ0n) is 12.0. The van der Waals surface area contributed by atoms with Crippen LogP contribution in [0.15, 0.2) is 12.1 Å². The van der Waals surface area contributed by atoms with Gasteiger partial charge in [0.05, 0.1) is 9.85 Å². The number of nitro groups is 2. The molecule has 0 aliphatic carbocycles. The topological polar surface area (TPSA) is 89.5 Å². The van der Waals surface area contributed by atoms with Crippen LogP contribution in [0.2, 0.25) is 0 Å². The summed E-state index contributed by atoms with van der Waals surface area (Å²) in [5.74, 6) is 0. The molecule has 0 saturated heterocycles. The first-order chi connectivity index (χ1) is 9.43. The molecule has 1 rings (SSSR count). The van der Waals surface area contributed by atoms with Crippen LogP contribution in [0.4, 0.5) is 17.1 Å². The standard InChI is InChI=1S/C13H19N3O4/c1-4-8-14(9-5-2)11-7-6-10(3)12(15(17)18)13(11)16(19)20/h6-7H,4-5,8-9H2,1-3H3. The molecule has 0 aliphatic heterocycles. The minimum Gasteiger partial charge on any atom is -0.366 e. The molecule has 0 aliphatic rings. The first-order valence-electron chi connectivity index (χ1n) is 6.61. The van der Waals surface area contributed by atoms with Gasteiger partial charge < -0.3 is 4.90 Å². The van der Waals surface area contributed by atoms with Crippen molar-refractivity contribution >= 4 is 17.1 Å². The van der Waals surface area contributed by atoms with E-state index in [1.165, 1.54) is 6.92 Å². The first-order valence-corrected chi connectivity index (χ1v) is 6.61. The van der Waals surface area contributed by atoms with Crippen LogP contribution in [0, 0.1) is 27.2 Å². The number of anilines is 1. The number of benzene rings is 1. The Morgan fingerprint density at radius 3 is 1.90 bits per heavy atom. The molecule has 0 fully saturated rings. The highest BCUT2D eigenvalue weighted by Gasteiger charge is 2.32. The van der Waals surface area contributed by atoms with Crippen molar-refractivity contribution < 1.29 is 9.85 Å². The lowest BCUT2D eigenvalue weighted by molar-refractivity contribution is -0.422. The van der Waals surface area contributed by atoms with E-state index in [1.807, 2.05) is 18.7 Å². The van der Waals surface area contributed by atoms with E-state index in [-0.39, 0.29) is 0 Å². The molecule has 110 valence electrons. The number of nitrogens with zero attached hydrogens (tertiary/aromatic N) is 3. The summed E-state index contributed by atoms with van der Waals surface area (Å²) in [6, 6.07) is 3.17. The molecule has 7 heteroatoms. The Morgan fingerprint density at radius 1 is 1.00 bits per heavy atom. The summed E-state index contributed by atoms with van der Waals surface area (Å²) < 4.78 is 0. The molecule has 0 bridgehead atoms. The molecule has 0 spiro atoms.